The van der Waals surface area contributed by atoms with E-state index in [-0.39, 0.29) is 17.1 Å². The summed E-state index contributed by atoms with van der Waals surface area (Å²) in [5.74, 6) is 4.66. The van der Waals surface area contributed by atoms with Crippen molar-refractivity contribution in [3.05, 3.63) is 0 Å². The third-order valence-electron chi connectivity index (χ3n) is 3.86. The predicted octanol–water partition coefficient (Wildman–Crippen LogP) is 2.84. The summed E-state index contributed by atoms with van der Waals surface area (Å²) >= 11 is 0. The van der Waals surface area contributed by atoms with E-state index in [4.69, 9.17) is 9.16 Å². The van der Waals surface area contributed by atoms with Gasteiger partial charge in [0.05, 0.1) is 19.8 Å². The summed E-state index contributed by atoms with van der Waals surface area (Å²) in [6.45, 7) is 13.4. The fourth-order valence-corrected chi connectivity index (χ4v) is 2.25. The Bertz CT molecular complexity index is 374. The van der Waals surface area contributed by atoms with Crippen molar-refractivity contribution in [3.8, 4) is 11.8 Å². The summed E-state index contributed by atoms with van der Waals surface area (Å²) in [5.41, 5.74) is 0. The summed E-state index contributed by atoms with van der Waals surface area (Å²) in [7, 11) is 1.15. The van der Waals surface area contributed by atoms with E-state index in [1.165, 1.54) is 7.11 Å². The fourth-order valence-electron chi connectivity index (χ4n) is 1.24. The van der Waals surface area contributed by atoms with Gasteiger partial charge in [0.2, 0.25) is 0 Å². The Hall–Kier alpha value is -0.833. The normalized spacial score (nSPS) is 15.0. The number of esters is 1. The summed E-state index contributed by atoms with van der Waals surface area (Å²) < 4.78 is 16.1. The second-order valence-electron chi connectivity index (χ2n) is 6.40. The number of carbonyl (C=O) groups is 1. The van der Waals surface area contributed by atoms with E-state index in [2.05, 4.69) is 50.4 Å². The van der Waals surface area contributed by atoms with Crippen molar-refractivity contribution in [2.75, 3.05) is 20.8 Å². The molecular formula is C15H28O4Si. The molecule has 2 atom stereocenters. The van der Waals surface area contributed by atoms with Crippen LogP contribution in [0.5, 0.6) is 0 Å². The van der Waals surface area contributed by atoms with Gasteiger partial charge in [-0.3, -0.25) is 0 Å². The zero-order chi connectivity index (χ0) is 16.0. The highest BCUT2D eigenvalue weighted by atomic mass is 28.4. The highest BCUT2D eigenvalue weighted by molar-refractivity contribution is 6.74. The van der Waals surface area contributed by atoms with Crippen molar-refractivity contribution in [2.24, 2.45) is 5.92 Å². The second kappa shape index (κ2) is 7.82. The molecule has 0 saturated carbocycles. The number of ether oxygens (including phenoxy) is 2. The van der Waals surface area contributed by atoms with Gasteiger partial charge in [0, 0.05) is 18.9 Å². The molecule has 0 unspecified atom stereocenters. The van der Waals surface area contributed by atoms with Crippen molar-refractivity contribution in [1.82, 2.24) is 0 Å². The second-order valence-corrected chi connectivity index (χ2v) is 11.2. The topological polar surface area (TPSA) is 44.8 Å². The van der Waals surface area contributed by atoms with Crippen LogP contribution in [0.4, 0.5) is 0 Å². The van der Waals surface area contributed by atoms with Crippen molar-refractivity contribution in [2.45, 2.75) is 51.9 Å². The molecule has 4 nitrogen and oxygen atoms in total. The average molecular weight is 300 g/mol. The van der Waals surface area contributed by atoms with Gasteiger partial charge in [-0.15, -0.1) is 0 Å². The molecule has 0 aliphatic carbocycles. The molecule has 0 aromatic heterocycles. The van der Waals surface area contributed by atoms with Crippen LogP contribution < -0.4 is 0 Å². The van der Waals surface area contributed by atoms with Gasteiger partial charge < -0.3 is 13.9 Å². The van der Waals surface area contributed by atoms with E-state index in [9.17, 15) is 4.79 Å². The third-order valence-corrected chi connectivity index (χ3v) is 8.36. The maximum Gasteiger partial charge on any atom is 0.384 e. The van der Waals surface area contributed by atoms with E-state index in [0.29, 0.717) is 6.61 Å². The van der Waals surface area contributed by atoms with Gasteiger partial charge in [0.1, 0.15) is 0 Å². The molecule has 0 radical (unpaired) electrons. The summed E-state index contributed by atoms with van der Waals surface area (Å²) in [5, 5.41) is 0.159. The molecule has 0 saturated heterocycles. The number of hydrogen-bond acceptors (Lipinski definition) is 4. The van der Waals surface area contributed by atoms with Crippen LogP contribution in [-0.4, -0.2) is 41.2 Å². The summed E-state index contributed by atoms with van der Waals surface area (Å²) in [6.07, 6.45) is -0.152. The zero-order valence-electron chi connectivity index (χ0n) is 14.0. The van der Waals surface area contributed by atoms with Crippen LogP contribution in [0.1, 0.15) is 27.7 Å². The Morgan fingerprint density at radius 2 is 1.80 bits per heavy atom. The van der Waals surface area contributed by atoms with Gasteiger partial charge in [0.25, 0.3) is 0 Å². The molecule has 0 rings (SSSR count). The molecule has 0 aliphatic rings. The monoisotopic (exact) mass is 300 g/mol. The van der Waals surface area contributed by atoms with Crippen LogP contribution in [-0.2, 0) is 18.7 Å². The van der Waals surface area contributed by atoms with E-state index in [1.807, 2.05) is 6.92 Å². The third kappa shape index (κ3) is 6.08. The Morgan fingerprint density at radius 3 is 2.20 bits per heavy atom. The minimum absolute atomic E-state index is 0.0936. The lowest BCUT2D eigenvalue weighted by molar-refractivity contribution is -0.133. The molecule has 0 bridgehead atoms. The van der Waals surface area contributed by atoms with Crippen LogP contribution in [0, 0.1) is 17.8 Å². The molecule has 20 heavy (non-hydrogen) atoms. The highest BCUT2D eigenvalue weighted by Gasteiger charge is 2.37. The maximum atomic E-state index is 11.0. The first-order valence-corrected chi connectivity index (χ1v) is 9.72. The van der Waals surface area contributed by atoms with Crippen LogP contribution in [0.3, 0.4) is 0 Å². The quantitative estimate of drug-likeness (QED) is 0.339. The molecule has 5 heteroatoms. The standard InChI is InChI=1S/C15H28O4Si/c1-12(9-10-14(16)18-6)13(17-5)11-19-20(7,8)15(2,3)4/h12-13H,11H2,1-8H3/t12-,13-/m0/s1. The fraction of sp³-hybridized carbons (Fsp3) is 0.800. The number of hydrogen-bond donors (Lipinski definition) is 0. The van der Waals surface area contributed by atoms with Gasteiger partial charge in [0.15, 0.2) is 8.32 Å². The average Bonchev–Trinajstić information content (AvgIpc) is 2.34. The van der Waals surface area contributed by atoms with E-state index >= 15 is 0 Å². The zero-order valence-corrected chi connectivity index (χ0v) is 15.0. The van der Waals surface area contributed by atoms with Gasteiger partial charge >= 0.3 is 5.97 Å². The first-order valence-electron chi connectivity index (χ1n) is 6.81. The van der Waals surface area contributed by atoms with E-state index in [0.717, 1.165) is 0 Å². The van der Waals surface area contributed by atoms with Crippen LogP contribution in [0.2, 0.25) is 18.1 Å². The Balaban J connectivity index is 4.63. The van der Waals surface area contributed by atoms with Gasteiger partial charge in [-0.25, -0.2) is 4.79 Å². The summed E-state index contributed by atoms with van der Waals surface area (Å²) in [4.78, 5) is 11.0. The Kier molecular flexibility index (Phi) is 7.49. The molecule has 0 spiro atoms. The Labute approximate surface area is 124 Å². The smallest absolute Gasteiger partial charge is 0.384 e. The molecule has 116 valence electrons. The molecule has 0 amide bonds. The summed E-state index contributed by atoms with van der Waals surface area (Å²) in [6, 6.07) is 0. The first-order chi connectivity index (χ1) is 9.05. The van der Waals surface area contributed by atoms with Crippen molar-refractivity contribution >= 4 is 14.3 Å². The number of rotatable bonds is 5. The maximum absolute atomic E-state index is 11.0. The minimum atomic E-state index is -1.80. The first kappa shape index (κ1) is 19.2. The van der Waals surface area contributed by atoms with E-state index < -0.39 is 14.3 Å². The lowest BCUT2D eigenvalue weighted by Crippen LogP contribution is -2.43. The van der Waals surface area contributed by atoms with Crippen molar-refractivity contribution < 1.29 is 18.7 Å². The molecular weight excluding hydrogens is 272 g/mol. The van der Waals surface area contributed by atoms with Crippen LogP contribution in [0.25, 0.3) is 0 Å². The largest absolute Gasteiger partial charge is 0.459 e. The van der Waals surface area contributed by atoms with E-state index in [1.54, 1.807) is 7.11 Å². The number of methoxy groups -OCH3 is 2. The Morgan fingerprint density at radius 1 is 1.25 bits per heavy atom. The van der Waals surface area contributed by atoms with Gasteiger partial charge in [-0.1, -0.05) is 26.7 Å². The van der Waals surface area contributed by atoms with Gasteiger partial charge in [-0.2, -0.15) is 0 Å². The van der Waals surface area contributed by atoms with Crippen LogP contribution >= 0.6 is 0 Å². The highest BCUT2D eigenvalue weighted by Crippen LogP contribution is 2.36. The lowest BCUT2D eigenvalue weighted by atomic mass is 10.1. The molecule has 0 aliphatic heterocycles. The molecule has 0 N–H and O–H groups in total. The SMILES string of the molecule is COC(=O)C#C[C@H](C)[C@H](CO[Si](C)(C)C(C)(C)C)OC. The molecule has 0 fully saturated rings. The minimum Gasteiger partial charge on any atom is -0.459 e. The molecule has 0 aromatic rings. The van der Waals surface area contributed by atoms with Crippen molar-refractivity contribution in [1.29, 1.82) is 0 Å². The predicted molar refractivity (Wildman–Crippen MR) is 82.9 cm³/mol. The molecule has 0 heterocycles. The van der Waals surface area contributed by atoms with Gasteiger partial charge in [-0.05, 0) is 25.1 Å². The lowest BCUT2D eigenvalue weighted by Gasteiger charge is -2.37. The van der Waals surface area contributed by atoms with Crippen molar-refractivity contribution in [3.63, 3.8) is 0 Å². The molecule has 0 aromatic carbocycles. The van der Waals surface area contributed by atoms with Crippen LogP contribution in [0.15, 0.2) is 0 Å². The number of carbonyl (C=O) groups excluding carboxylic acids is 1.